The van der Waals surface area contributed by atoms with Crippen molar-refractivity contribution in [3.63, 3.8) is 0 Å². The molecule has 0 atom stereocenters. The van der Waals surface area contributed by atoms with Gasteiger partial charge in [-0.2, -0.15) is 11.8 Å². The van der Waals surface area contributed by atoms with E-state index >= 15 is 0 Å². The van der Waals surface area contributed by atoms with Gasteiger partial charge in [-0.1, -0.05) is 12.8 Å². The second-order valence-electron chi connectivity index (χ2n) is 4.77. The highest BCUT2D eigenvalue weighted by Crippen LogP contribution is 2.30. The molecule has 1 aliphatic heterocycles. The van der Waals surface area contributed by atoms with Gasteiger partial charge in [0.1, 0.15) is 0 Å². The molecule has 1 saturated carbocycles. The summed E-state index contributed by atoms with van der Waals surface area (Å²) < 4.78 is 0. The van der Waals surface area contributed by atoms with Crippen LogP contribution in [-0.4, -0.2) is 41.6 Å². The SMILES string of the molecule is NC1(CCN2CCSCC2)CCCC1. The first-order valence-electron chi connectivity index (χ1n) is 5.88. The van der Waals surface area contributed by atoms with Crippen molar-refractivity contribution in [3.05, 3.63) is 0 Å². The smallest absolute Gasteiger partial charge is 0.0166 e. The molecule has 3 heteroatoms. The molecular weight excluding hydrogens is 192 g/mol. The lowest BCUT2D eigenvalue weighted by atomic mass is 9.94. The maximum absolute atomic E-state index is 6.34. The monoisotopic (exact) mass is 214 g/mol. The molecule has 2 N–H and O–H groups in total. The van der Waals surface area contributed by atoms with Gasteiger partial charge in [-0.05, 0) is 25.8 Å². The van der Waals surface area contributed by atoms with E-state index in [1.165, 1.54) is 63.2 Å². The Hall–Kier alpha value is 0.270. The average Bonchev–Trinajstić information content (AvgIpc) is 2.65. The lowest BCUT2D eigenvalue weighted by Gasteiger charge is -2.31. The van der Waals surface area contributed by atoms with Crippen molar-refractivity contribution >= 4 is 11.8 Å². The van der Waals surface area contributed by atoms with E-state index in [1.54, 1.807) is 0 Å². The van der Waals surface area contributed by atoms with Crippen molar-refractivity contribution in [2.45, 2.75) is 37.6 Å². The van der Waals surface area contributed by atoms with Gasteiger partial charge in [0.2, 0.25) is 0 Å². The summed E-state index contributed by atoms with van der Waals surface area (Å²) in [5.41, 5.74) is 6.54. The Morgan fingerprint density at radius 1 is 1.14 bits per heavy atom. The number of hydrogen-bond donors (Lipinski definition) is 1. The van der Waals surface area contributed by atoms with Gasteiger partial charge in [-0.15, -0.1) is 0 Å². The maximum atomic E-state index is 6.34. The van der Waals surface area contributed by atoms with Crippen LogP contribution in [0.25, 0.3) is 0 Å². The number of thioether (sulfide) groups is 1. The van der Waals surface area contributed by atoms with Gasteiger partial charge in [0.25, 0.3) is 0 Å². The minimum Gasteiger partial charge on any atom is -0.325 e. The van der Waals surface area contributed by atoms with E-state index in [2.05, 4.69) is 16.7 Å². The van der Waals surface area contributed by atoms with Crippen LogP contribution >= 0.6 is 11.8 Å². The molecule has 2 rings (SSSR count). The normalized spacial score (nSPS) is 28.1. The third kappa shape index (κ3) is 2.88. The van der Waals surface area contributed by atoms with E-state index in [0.717, 1.165) is 0 Å². The molecule has 1 saturated heterocycles. The minimum atomic E-state index is 0.199. The Morgan fingerprint density at radius 2 is 1.79 bits per heavy atom. The number of rotatable bonds is 3. The molecule has 1 aliphatic carbocycles. The van der Waals surface area contributed by atoms with Crippen molar-refractivity contribution in [2.75, 3.05) is 31.1 Å². The second kappa shape index (κ2) is 4.86. The van der Waals surface area contributed by atoms with Gasteiger partial charge in [0.05, 0.1) is 0 Å². The van der Waals surface area contributed by atoms with Crippen LogP contribution < -0.4 is 5.73 Å². The Morgan fingerprint density at radius 3 is 2.43 bits per heavy atom. The highest BCUT2D eigenvalue weighted by Gasteiger charge is 2.29. The van der Waals surface area contributed by atoms with Crippen molar-refractivity contribution < 1.29 is 0 Å². The van der Waals surface area contributed by atoms with Crippen LogP contribution in [0.2, 0.25) is 0 Å². The largest absolute Gasteiger partial charge is 0.325 e. The zero-order valence-electron chi connectivity index (χ0n) is 9.00. The molecule has 0 radical (unpaired) electrons. The second-order valence-corrected chi connectivity index (χ2v) is 6.00. The fourth-order valence-corrected chi connectivity index (χ4v) is 3.51. The van der Waals surface area contributed by atoms with Gasteiger partial charge < -0.3 is 10.6 Å². The Balaban J connectivity index is 1.70. The van der Waals surface area contributed by atoms with E-state index in [1.807, 2.05) is 0 Å². The molecule has 2 fully saturated rings. The third-order valence-corrected chi connectivity index (χ3v) is 4.57. The van der Waals surface area contributed by atoms with Crippen LogP contribution in [-0.2, 0) is 0 Å². The Kier molecular flexibility index (Phi) is 3.74. The maximum Gasteiger partial charge on any atom is 0.0166 e. The topological polar surface area (TPSA) is 29.3 Å². The van der Waals surface area contributed by atoms with Crippen LogP contribution in [0.4, 0.5) is 0 Å². The third-order valence-electron chi connectivity index (χ3n) is 3.63. The number of nitrogens with zero attached hydrogens (tertiary/aromatic N) is 1. The van der Waals surface area contributed by atoms with Crippen LogP contribution in [0.1, 0.15) is 32.1 Å². The lowest BCUT2D eigenvalue weighted by Crippen LogP contribution is -2.42. The lowest BCUT2D eigenvalue weighted by molar-refractivity contribution is 0.258. The molecule has 0 spiro atoms. The summed E-state index contributed by atoms with van der Waals surface area (Å²) in [6, 6.07) is 0. The van der Waals surface area contributed by atoms with Crippen LogP contribution in [0.3, 0.4) is 0 Å². The molecule has 0 amide bonds. The quantitative estimate of drug-likeness (QED) is 0.775. The van der Waals surface area contributed by atoms with Crippen LogP contribution in [0, 0.1) is 0 Å². The molecule has 0 aromatic rings. The molecule has 14 heavy (non-hydrogen) atoms. The fraction of sp³-hybridized carbons (Fsp3) is 1.00. The molecule has 2 nitrogen and oxygen atoms in total. The van der Waals surface area contributed by atoms with Crippen LogP contribution in [0.5, 0.6) is 0 Å². The zero-order valence-corrected chi connectivity index (χ0v) is 9.82. The molecule has 0 bridgehead atoms. The number of hydrogen-bond acceptors (Lipinski definition) is 3. The first-order valence-corrected chi connectivity index (χ1v) is 7.03. The molecule has 0 unspecified atom stereocenters. The van der Waals surface area contributed by atoms with Crippen molar-refractivity contribution in [2.24, 2.45) is 5.73 Å². The predicted octanol–water partition coefficient (Wildman–Crippen LogP) is 1.70. The van der Waals surface area contributed by atoms with Gasteiger partial charge in [0.15, 0.2) is 0 Å². The predicted molar refractivity (Wildman–Crippen MR) is 63.8 cm³/mol. The molecule has 1 heterocycles. The molecular formula is C11H22N2S. The highest BCUT2D eigenvalue weighted by atomic mass is 32.2. The number of nitrogens with two attached hydrogens (primary N) is 1. The summed E-state index contributed by atoms with van der Waals surface area (Å²) in [4.78, 5) is 2.59. The minimum absolute atomic E-state index is 0.199. The Labute approximate surface area is 91.6 Å². The summed E-state index contributed by atoms with van der Waals surface area (Å²) in [6.07, 6.45) is 6.45. The standard InChI is InChI=1S/C11H22N2S/c12-11(3-1-2-4-11)5-6-13-7-9-14-10-8-13/h1-10,12H2. The van der Waals surface area contributed by atoms with Crippen molar-refractivity contribution in [3.8, 4) is 0 Å². The first kappa shape index (κ1) is 10.8. The molecule has 82 valence electrons. The van der Waals surface area contributed by atoms with E-state index in [4.69, 9.17) is 5.73 Å². The van der Waals surface area contributed by atoms with Crippen molar-refractivity contribution in [1.29, 1.82) is 0 Å². The molecule has 2 aliphatic rings. The molecule has 0 aromatic carbocycles. The Bertz CT molecular complexity index is 172. The van der Waals surface area contributed by atoms with Gasteiger partial charge >= 0.3 is 0 Å². The van der Waals surface area contributed by atoms with E-state index < -0.39 is 0 Å². The fourth-order valence-electron chi connectivity index (χ4n) is 2.53. The summed E-state index contributed by atoms with van der Waals surface area (Å²) >= 11 is 2.08. The zero-order chi connectivity index (χ0) is 9.86. The average molecular weight is 214 g/mol. The van der Waals surface area contributed by atoms with Crippen molar-refractivity contribution in [1.82, 2.24) is 4.90 Å². The summed E-state index contributed by atoms with van der Waals surface area (Å²) in [7, 11) is 0. The van der Waals surface area contributed by atoms with Gasteiger partial charge in [0, 0.05) is 30.1 Å². The summed E-state index contributed by atoms with van der Waals surface area (Å²) in [6.45, 7) is 3.79. The van der Waals surface area contributed by atoms with Gasteiger partial charge in [-0.3, -0.25) is 0 Å². The van der Waals surface area contributed by atoms with E-state index in [-0.39, 0.29) is 5.54 Å². The van der Waals surface area contributed by atoms with Gasteiger partial charge in [-0.25, -0.2) is 0 Å². The highest BCUT2D eigenvalue weighted by molar-refractivity contribution is 7.99. The first-order chi connectivity index (χ1) is 6.79. The summed E-state index contributed by atoms with van der Waals surface area (Å²) in [5.74, 6) is 2.63. The summed E-state index contributed by atoms with van der Waals surface area (Å²) in [5, 5.41) is 0. The van der Waals surface area contributed by atoms with Crippen LogP contribution in [0.15, 0.2) is 0 Å². The molecule has 0 aromatic heterocycles. The van der Waals surface area contributed by atoms with E-state index in [9.17, 15) is 0 Å². The van der Waals surface area contributed by atoms with E-state index in [0.29, 0.717) is 0 Å².